The van der Waals surface area contributed by atoms with Crippen LogP contribution in [-0.2, 0) is 12.8 Å². The lowest BCUT2D eigenvalue weighted by Gasteiger charge is -2.16. The van der Waals surface area contributed by atoms with Crippen molar-refractivity contribution >= 4 is 17.5 Å². The van der Waals surface area contributed by atoms with Gasteiger partial charge in [-0.1, -0.05) is 12.1 Å². The Labute approximate surface area is 126 Å². The van der Waals surface area contributed by atoms with E-state index in [9.17, 15) is 14.9 Å². The van der Waals surface area contributed by atoms with Crippen molar-refractivity contribution in [2.75, 3.05) is 5.32 Å². The van der Waals surface area contributed by atoms with Gasteiger partial charge in [-0.15, -0.1) is 0 Å². The number of carbonyl (C=O) groups excluding carboxylic acids is 1. The number of non-ortho nitro benzene ring substituents is 1. The van der Waals surface area contributed by atoms with Crippen molar-refractivity contribution in [3.8, 4) is 0 Å². The van der Waals surface area contributed by atoms with E-state index in [0.717, 1.165) is 30.5 Å². The molecule has 0 saturated carbocycles. The number of nitrogens with zero attached hydrogens (tertiary/aromatic N) is 2. The third-order valence-electron chi connectivity index (χ3n) is 3.86. The van der Waals surface area contributed by atoms with E-state index in [1.165, 1.54) is 24.3 Å². The highest BCUT2D eigenvalue weighted by molar-refractivity contribution is 6.04. The number of anilines is 1. The molecule has 1 aliphatic rings. The Kier molecular flexibility index (Phi) is 3.62. The fourth-order valence-electron chi connectivity index (χ4n) is 2.59. The number of rotatable bonds is 3. The van der Waals surface area contributed by atoms with Gasteiger partial charge >= 0.3 is 0 Å². The largest absolute Gasteiger partial charge is 0.338 e. The van der Waals surface area contributed by atoms with E-state index in [4.69, 9.17) is 4.52 Å². The maximum atomic E-state index is 12.2. The minimum Gasteiger partial charge on any atom is -0.338 e. The van der Waals surface area contributed by atoms with Crippen molar-refractivity contribution in [2.24, 2.45) is 5.92 Å². The van der Waals surface area contributed by atoms with Crippen LogP contribution in [0.1, 0.15) is 35.0 Å². The van der Waals surface area contributed by atoms with E-state index in [0.29, 0.717) is 17.4 Å². The number of aryl methyl sites for hydroxylation is 1. The summed E-state index contributed by atoms with van der Waals surface area (Å²) in [5, 5.41) is 17.3. The quantitative estimate of drug-likeness (QED) is 0.694. The van der Waals surface area contributed by atoms with Gasteiger partial charge in [0.2, 0.25) is 5.88 Å². The van der Waals surface area contributed by atoms with E-state index in [1.807, 2.05) is 0 Å². The van der Waals surface area contributed by atoms with Gasteiger partial charge in [0, 0.05) is 23.3 Å². The molecule has 0 spiro atoms. The normalized spacial score (nSPS) is 16.9. The lowest BCUT2D eigenvalue weighted by Crippen LogP contribution is -2.15. The van der Waals surface area contributed by atoms with Crippen LogP contribution in [0.15, 0.2) is 28.8 Å². The molecule has 0 fully saturated rings. The van der Waals surface area contributed by atoms with Gasteiger partial charge in [0.25, 0.3) is 11.6 Å². The van der Waals surface area contributed by atoms with Crippen LogP contribution in [0.5, 0.6) is 0 Å². The first-order chi connectivity index (χ1) is 10.5. The van der Waals surface area contributed by atoms with Gasteiger partial charge in [0.1, 0.15) is 0 Å². The number of amides is 1. The van der Waals surface area contributed by atoms with Gasteiger partial charge < -0.3 is 4.52 Å². The molecule has 1 amide bonds. The summed E-state index contributed by atoms with van der Waals surface area (Å²) >= 11 is 0. The lowest BCUT2D eigenvalue weighted by atomic mass is 9.89. The number of hydrogen-bond donors (Lipinski definition) is 1. The SMILES string of the molecule is C[C@H]1CCc2noc(NC(=O)c3ccc([N+](=O)[O-])cc3)c2C1. The van der Waals surface area contributed by atoms with E-state index in [-0.39, 0.29) is 11.6 Å². The van der Waals surface area contributed by atoms with Crippen molar-refractivity contribution in [2.45, 2.75) is 26.2 Å². The number of fused-ring (bicyclic) bond motifs is 1. The molecule has 1 aliphatic carbocycles. The summed E-state index contributed by atoms with van der Waals surface area (Å²) in [5.41, 5.74) is 2.13. The Morgan fingerprint density at radius 3 is 2.82 bits per heavy atom. The second kappa shape index (κ2) is 5.59. The van der Waals surface area contributed by atoms with E-state index in [1.54, 1.807) is 0 Å². The molecule has 22 heavy (non-hydrogen) atoms. The van der Waals surface area contributed by atoms with E-state index < -0.39 is 4.92 Å². The zero-order chi connectivity index (χ0) is 15.7. The Balaban J connectivity index is 1.77. The minimum absolute atomic E-state index is 0.0533. The molecule has 0 radical (unpaired) electrons. The molecule has 0 bridgehead atoms. The predicted molar refractivity (Wildman–Crippen MR) is 78.7 cm³/mol. The standard InChI is InChI=1S/C15H15N3O4/c1-9-2-7-13-12(8-9)15(22-17-13)16-14(19)10-3-5-11(6-4-10)18(20)21/h3-6,9H,2,7-8H2,1H3,(H,16,19)/t9-/m0/s1. The van der Waals surface area contributed by atoms with Crippen LogP contribution in [0.2, 0.25) is 0 Å². The first-order valence-electron chi connectivity index (χ1n) is 7.08. The third-order valence-corrected chi connectivity index (χ3v) is 3.86. The molecule has 1 heterocycles. The van der Waals surface area contributed by atoms with Gasteiger partial charge in [0.05, 0.1) is 10.6 Å². The lowest BCUT2D eigenvalue weighted by molar-refractivity contribution is -0.384. The topological polar surface area (TPSA) is 98.3 Å². The molecular formula is C15H15N3O4. The van der Waals surface area contributed by atoms with Gasteiger partial charge in [-0.3, -0.25) is 20.2 Å². The monoisotopic (exact) mass is 301 g/mol. The van der Waals surface area contributed by atoms with Crippen LogP contribution in [0.4, 0.5) is 11.6 Å². The number of nitrogens with one attached hydrogen (secondary N) is 1. The Bertz CT molecular complexity index is 721. The van der Waals surface area contributed by atoms with Crippen LogP contribution < -0.4 is 5.32 Å². The third kappa shape index (κ3) is 2.69. The second-order valence-corrected chi connectivity index (χ2v) is 5.54. The second-order valence-electron chi connectivity index (χ2n) is 5.54. The number of nitro benzene ring substituents is 1. The number of hydrogen-bond acceptors (Lipinski definition) is 5. The molecule has 0 saturated heterocycles. The first-order valence-corrected chi connectivity index (χ1v) is 7.08. The molecule has 7 heteroatoms. The fourth-order valence-corrected chi connectivity index (χ4v) is 2.59. The first kappa shape index (κ1) is 14.2. The van der Waals surface area contributed by atoms with Crippen LogP contribution >= 0.6 is 0 Å². The molecule has 0 aliphatic heterocycles. The zero-order valence-corrected chi connectivity index (χ0v) is 12.0. The van der Waals surface area contributed by atoms with E-state index in [2.05, 4.69) is 17.4 Å². The maximum absolute atomic E-state index is 12.2. The summed E-state index contributed by atoms with van der Waals surface area (Å²) in [6.07, 6.45) is 2.75. The Morgan fingerprint density at radius 1 is 1.41 bits per heavy atom. The van der Waals surface area contributed by atoms with Crippen LogP contribution in [0, 0.1) is 16.0 Å². The average Bonchev–Trinajstić information content (AvgIpc) is 2.89. The molecule has 1 aromatic heterocycles. The van der Waals surface area contributed by atoms with Crippen LogP contribution in [-0.4, -0.2) is 16.0 Å². The molecule has 2 aromatic rings. The number of aromatic nitrogens is 1. The molecule has 7 nitrogen and oxygen atoms in total. The summed E-state index contributed by atoms with van der Waals surface area (Å²) in [6, 6.07) is 5.43. The molecular weight excluding hydrogens is 286 g/mol. The Morgan fingerprint density at radius 2 is 2.14 bits per heavy atom. The highest BCUT2D eigenvalue weighted by Gasteiger charge is 2.24. The summed E-state index contributed by atoms with van der Waals surface area (Å²) in [5.74, 6) is 0.541. The summed E-state index contributed by atoms with van der Waals surface area (Å²) in [4.78, 5) is 22.3. The van der Waals surface area contributed by atoms with E-state index >= 15 is 0 Å². The number of carbonyl (C=O) groups is 1. The highest BCUT2D eigenvalue weighted by Crippen LogP contribution is 2.30. The smallest absolute Gasteiger partial charge is 0.269 e. The molecule has 1 atom stereocenters. The zero-order valence-electron chi connectivity index (χ0n) is 12.0. The van der Waals surface area contributed by atoms with Gasteiger partial charge in [0.15, 0.2) is 0 Å². The maximum Gasteiger partial charge on any atom is 0.269 e. The van der Waals surface area contributed by atoms with Crippen molar-refractivity contribution in [3.05, 3.63) is 51.2 Å². The molecule has 0 unspecified atom stereocenters. The number of benzene rings is 1. The van der Waals surface area contributed by atoms with Crippen LogP contribution in [0.25, 0.3) is 0 Å². The highest BCUT2D eigenvalue weighted by atomic mass is 16.6. The van der Waals surface area contributed by atoms with Crippen molar-refractivity contribution in [3.63, 3.8) is 0 Å². The minimum atomic E-state index is -0.504. The van der Waals surface area contributed by atoms with Crippen LogP contribution in [0.3, 0.4) is 0 Å². The van der Waals surface area contributed by atoms with Crippen molar-refractivity contribution in [1.82, 2.24) is 5.16 Å². The Hall–Kier alpha value is -2.70. The summed E-state index contributed by atoms with van der Waals surface area (Å²) in [6.45, 7) is 2.15. The molecule has 3 rings (SSSR count). The average molecular weight is 301 g/mol. The molecule has 1 N–H and O–H groups in total. The summed E-state index contributed by atoms with van der Waals surface area (Å²) < 4.78 is 5.23. The van der Waals surface area contributed by atoms with Crippen molar-refractivity contribution in [1.29, 1.82) is 0 Å². The summed E-state index contributed by atoms with van der Waals surface area (Å²) in [7, 11) is 0. The van der Waals surface area contributed by atoms with Gasteiger partial charge in [-0.25, -0.2) is 0 Å². The molecule has 1 aromatic carbocycles. The van der Waals surface area contributed by atoms with Gasteiger partial charge in [-0.2, -0.15) is 0 Å². The molecule has 114 valence electrons. The van der Waals surface area contributed by atoms with Gasteiger partial charge in [-0.05, 0) is 37.3 Å². The fraction of sp³-hybridized carbons (Fsp3) is 0.333. The number of nitro groups is 1. The van der Waals surface area contributed by atoms with Crippen molar-refractivity contribution < 1.29 is 14.2 Å². The predicted octanol–water partition coefficient (Wildman–Crippen LogP) is 2.96.